The van der Waals surface area contributed by atoms with Crippen LogP contribution in [0.5, 0.6) is 0 Å². The Balaban J connectivity index is 1.58. The molecule has 0 aromatic heterocycles. The lowest BCUT2D eigenvalue weighted by molar-refractivity contribution is 0.0696. The van der Waals surface area contributed by atoms with Crippen LogP contribution in [0.25, 0.3) is 0 Å². The number of hydrogen-bond acceptors (Lipinski definition) is 4. The van der Waals surface area contributed by atoms with Gasteiger partial charge in [-0.2, -0.15) is 0 Å². The van der Waals surface area contributed by atoms with Crippen molar-refractivity contribution >= 4 is 21.7 Å². The van der Waals surface area contributed by atoms with Crippen LogP contribution in [0, 0.1) is 11.7 Å². The van der Waals surface area contributed by atoms with Crippen LogP contribution in [0.4, 0.5) is 10.1 Å². The monoisotopic (exact) mass is 378 g/mol. The fourth-order valence-corrected chi connectivity index (χ4v) is 4.09. The maximum atomic E-state index is 13.0. The maximum Gasteiger partial charge on any atom is 0.335 e. The minimum Gasteiger partial charge on any atom is -0.478 e. The van der Waals surface area contributed by atoms with Crippen LogP contribution in [-0.2, 0) is 10.0 Å². The number of carboxylic acids is 1. The summed E-state index contributed by atoms with van der Waals surface area (Å²) in [7, 11) is -3.69. The van der Waals surface area contributed by atoms with E-state index in [1.54, 1.807) is 12.1 Å². The molecule has 0 aliphatic carbocycles. The second kappa shape index (κ2) is 7.43. The zero-order valence-electron chi connectivity index (χ0n) is 13.9. The summed E-state index contributed by atoms with van der Waals surface area (Å²) in [6, 6.07) is 11.3. The average Bonchev–Trinajstić information content (AvgIpc) is 3.10. The number of carbonyl (C=O) groups is 1. The summed E-state index contributed by atoms with van der Waals surface area (Å²) < 4.78 is 40.3. The number of nitrogens with zero attached hydrogens (tertiary/aromatic N) is 1. The molecule has 0 bridgehead atoms. The van der Waals surface area contributed by atoms with Crippen molar-refractivity contribution in [3.63, 3.8) is 0 Å². The van der Waals surface area contributed by atoms with Crippen LogP contribution in [0.15, 0.2) is 53.4 Å². The zero-order chi connectivity index (χ0) is 18.7. The second-order valence-corrected chi connectivity index (χ2v) is 8.03. The molecule has 1 aliphatic rings. The minimum atomic E-state index is -3.69. The number of anilines is 1. The van der Waals surface area contributed by atoms with Gasteiger partial charge in [0.05, 0.1) is 10.5 Å². The highest BCUT2D eigenvalue weighted by atomic mass is 32.2. The third-order valence-electron chi connectivity index (χ3n) is 4.45. The maximum absolute atomic E-state index is 13.0. The Morgan fingerprint density at radius 1 is 1.15 bits per heavy atom. The van der Waals surface area contributed by atoms with Crippen molar-refractivity contribution in [1.29, 1.82) is 0 Å². The SMILES string of the molecule is O=C(O)c1ccc(S(=O)(=O)NCC2CCN(c3ccc(F)cc3)C2)cc1. The van der Waals surface area contributed by atoms with E-state index in [1.807, 2.05) is 0 Å². The first kappa shape index (κ1) is 18.3. The molecule has 26 heavy (non-hydrogen) atoms. The molecule has 1 heterocycles. The highest BCUT2D eigenvalue weighted by molar-refractivity contribution is 7.89. The van der Waals surface area contributed by atoms with Gasteiger partial charge in [0.1, 0.15) is 5.82 Å². The van der Waals surface area contributed by atoms with Crippen molar-refractivity contribution < 1.29 is 22.7 Å². The zero-order valence-corrected chi connectivity index (χ0v) is 14.7. The molecular formula is C18H19FN2O4S. The summed E-state index contributed by atoms with van der Waals surface area (Å²) >= 11 is 0. The lowest BCUT2D eigenvalue weighted by atomic mass is 10.1. The molecule has 1 unspecified atom stereocenters. The van der Waals surface area contributed by atoms with Crippen molar-refractivity contribution in [2.24, 2.45) is 5.92 Å². The minimum absolute atomic E-state index is 0.0367. The van der Waals surface area contributed by atoms with Gasteiger partial charge in [-0.15, -0.1) is 0 Å². The van der Waals surface area contributed by atoms with Gasteiger partial charge in [0.15, 0.2) is 0 Å². The number of rotatable bonds is 6. The molecule has 138 valence electrons. The summed E-state index contributed by atoms with van der Waals surface area (Å²) in [6.07, 6.45) is 0.831. The molecule has 2 aromatic carbocycles. The standard InChI is InChI=1S/C18H19FN2O4S/c19-15-3-5-16(6-4-15)21-10-9-13(12-21)11-20-26(24,25)17-7-1-14(2-8-17)18(22)23/h1-8,13,20H,9-12H2,(H,22,23). The van der Waals surface area contributed by atoms with Gasteiger partial charge < -0.3 is 10.0 Å². The first-order chi connectivity index (χ1) is 12.3. The van der Waals surface area contributed by atoms with Gasteiger partial charge in [-0.1, -0.05) is 0 Å². The molecule has 2 N–H and O–H groups in total. The van der Waals surface area contributed by atoms with Gasteiger partial charge in [-0.3, -0.25) is 0 Å². The summed E-state index contributed by atoms with van der Waals surface area (Å²) in [6.45, 7) is 1.76. The Morgan fingerprint density at radius 3 is 2.42 bits per heavy atom. The fourth-order valence-electron chi connectivity index (χ4n) is 2.97. The summed E-state index contributed by atoms with van der Waals surface area (Å²) in [4.78, 5) is 13.0. The fraction of sp³-hybridized carbons (Fsp3) is 0.278. The Bertz CT molecular complexity index is 882. The van der Waals surface area contributed by atoms with E-state index < -0.39 is 16.0 Å². The van der Waals surface area contributed by atoms with E-state index in [-0.39, 0.29) is 22.2 Å². The van der Waals surface area contributed by atoms with E-state index in [2.05, 4.69) is 9.62 Å². The molecule has 1 atom stereocenters. The van der Waals surface area contributed by atoms with Crippen LogP contribution < -0.4 is 9.62 Å². The van der Waals surface area contributed by atoms with E-state index in [0.717, 1.165) is 18.7 Å². The molecule has 1 aliphatic heterocycles. The first-order valence-electron chi connectivity index (χ1n) is 8.19. The molecule has 0 spiro atoms. The Hall–Kier alpha value is -2.45. The third-order valence-corrected chi connectivity index (χ3v) is 5.89. The van der Waals surface area contributed by atoms with Gasteiger partial charge in [-0.05, 0) is 60.9 Å². The summed E-state index contributed by atoms with van der Waals surface area (Å²) in [5.41, 5.74) is 0.954. The van der Waals surface area contributed by atoms with Gasteiger partial charge >= 0.3 is 5.97 Å². The van der Waals surface area contributed by atoms with Crippen molar-refractivity contribution in [1.82, 2.24) is 4.72 Å². The van der Waals surface area contributed by atoms with Crippen LogP contribution >= 0.6 is 0 Å². The largest absolute Gasteiger partial charge is 0.478 e. The number of sulfonamides is 1. The normalized spacial score (nSPS) is 17.4. The molecule has 0 amide bonds. The number of nitrogens with one attached hydrogen (secondary N) is 1. The predicted molar refractivity (Wildman–Crippen MR) is 95.3 cm³/mol. The van der Waals surface area contributed by atoms with E-state index in [9.17, 15) is 17.6 Å². The quantitative estimate of drug-likeness (QED) is 0.806. The smallest absolute Gasteiger partial charge is 0.335 e. The summed E-state index contributed by atoms with van der Waals surface area (Å²) in [5.74, 6) is -1.24. The third kappa shape index (κ3) is 4.20. The Morgan fingerprint density at radius 2 is 1.81 bits per heavy atom. The Kier molecular flexibility index (Phi) is 5.24. The molecule has 0 saturated carbocycles. The Labute approximate surface area is 151 Å². The molecule has 8 heteroatoms. The lowest BCUT2D eigenvalue weighted by Crippen LogP contribution is -2.31. The van der Waals surface area contributed by atoms with Gasteiger partial charge in [-0.25, -0.2) is 22.3 Å². The number of benzene rings is 2. The van der Waals surface area contributed by atoms with Gasteiger partial charge in [0.25, 0.3) is 0 Å². The predicted octanol–water partition coefficient (Wildman–Crippen LogP) is 2.33. The van der Waals surface area contributed by atoms with Crippen molar-refractivity contribution in [2.75, 3.05) is 24.5 Å². The van der Waals surface area contributed by atoms with E-state index in [0.29, 0.717) is 13.1 Å². The van der Waals surface area contributed by atoms with Crippen molar-refractivity contribution in [2.45, 2.75) is 11.3 Å². The molecular weight excluding hydrogens is 359 g/mol. The first-order valence-corrected chi connectivity index (χ1v) is 9.67. The number of aromatic carboxylic acids is 1. The van der Waals surface area contributed by atoms with E-state index in [4.69, 9.17) is 5.11 Å². The number of carboxylic acid groups (broad SMARTS) is 1. The van der Waals surface area contributed by atoms with Crippen LogP contribution in [0.3, 0.4) is 0 Å². The molecule has 0 radical (unpaired) electrons. The van der Waals surface area contributed by atoms with Crippen molar-refractivity contribution in [3.05, 3.63) is 59.9 Å². The molecule has 2 aromatic rings. The molecule has 1 fully saturated rings. The molecule has 6 nitrogen and oxygen atoms in total. The molecule has 1 saturated heterocycles. The number of halogens is 1. The van der Waals surface area contributed by atoms with Gasteiger partial charge in [0, 0.05) is 25.3 Å². The number of hydrogen-bond donors (Lipinski definition) is 2. The topological polar surface area (TPSA) is 86.7 Å². The molecule has 3 rings (SSSR count). The van der Waals surface area contributed by atoms with Gasteiger partial charge in [0.2, 0.25) is 10.0 Å². The lowest BCUT2D eigenvalue weighted by Gasteiger charge is -2.19. The van der Waals surface area contributed by atoms with Crippen molar-refractivity contribution in [3.8, 4) is 0 Å². The highest BCUT2D eigenvalue weighted by Gasteiger charge is 2.25. The van der Waals surface area contributed by atoms with Crippen LogP contribution in [-0.4, -0.2) is 39.1 Å². The van der Waals surface area contributed by atoms with E-state index in [1.165, 1.54) is 36.4 Å². The summed E-state index contributed by atoms with van der Waals surface area (Å²) in [5, 5.41) is 8.87. The second-order valence-electron chi connectivity index (χ2n) is 6.26. The highest BCUT2D eigenvalue weighted by Crippen LogP contribution is 2.24. The van der Waals surface area contributed by atoms with Crippen LogP contribution in [0.2, 0.25) is 0 Å². The average molecular weight is 378 g/mol. The van der Waals surface area contributed by atoms with Crippen LogP contribution in [0.1, 0.15) is 16.8 Å². The van der Waals surface area contributed by atoms with E-state index >= 15 is 0 Å².